The van der Waals surface area contributed by atoms with Gasteiger partial charge in [0.25, 0.3) is 11.8 Å². The molecule has 0 unspecified atom stereocenters. The Morgan fingerprint density at radius 3 is 2.74 bits per heavy atom. The van der Waals surface area contributed by atoms with Crippen LogP contribution < -0.4 is 5.73 Å². The number of aromatic nitrogens is 1. The fourth-order valence-electron chi connectivity index (χ4n) is 2.11. The van der Waals surface area contributed by atoms with Gasteiger partial charge in [0.05, 0.1) is 17.7 Å². The zero-order chi connectivity index (χ0) is 13.6. The molecular formula is C13H11N3O2S. The molecule has 0 aliphatic carbocycles. The summed E-state index contributed by atoms with van der Waals surface area (Å²) in [5.41, 5.74) is 6.79. The lowest BCUT2D eigenvalue weighted by Crippen LogP contribution is -2.29. The van der Waals surface area contributed by atoms with Crippen molar-refractivity contribution in [2.75, 3.05) is 5.73 Å². The Morgan fingerprint density at radius 1 is 1.32 bits per heavy atom. The molecule has 1 aromatic carbocycles. The van der Waals surface area contributed by atoms with Crippen LogP contribution in [0.15, 0.2) is 24.4 Å². The van der Waals surface area contributed by atoms with Crippen LogP contribution in [0.2, 0.25) is 0 Å². The van der Waals surface area contributed by atoms with Crippen molar-refractivity contribution in [3.63, 3.8) is 0 Å². The number of benzene rings is 1. The molecule has 0 saturated heterocycles. The topological polar surface area (TPSA) is 76.3 Å². The lowest BCUT2D eigenvalue weighted by atomic mass is 10.1. The summed E-state index contributed by atoms with van der Waals surface area (Å²) in [5, 5.41) is 0.741. The number of rotatable bonds is 2. The number of nitrogens with zero attached hydrogens (tertiary/aromatic N) is 2. The number of amides is 2. The number of thiazole rings is 1. The van der Waals surface area contributed by atoms with Gasteiger partial charge in [-0.15, -0.1) is 11.3 Å². The van der Waals surface area contributed by atoms with Gasteiger partial charge in [0.15, 0.2) is 0 Å². The molecule has 6 heteroatoms. The van der Waals surface area contributed by atoms with Gasteiger partial charge < -0.3 is 5.73 Å². The minimum Gasteiger partial charge on any atom is -0.398 e. The van der Waals surface area contributed by atoms with E-state index in [4.69, 9.17) is 5.73 Å². The van der Waals surface area contributed by atoms with E-state index in [1.165, 1.54) is 16.2 Å². The van der Waals surface area contributed by atoms with E-state index >= 15 is 0 Å². The van der Waals surface area contributed by atoms with Gasteiger partial charge >= 0.3 is 0 Å². The fraction of sp³-hybridized carbons (Fsp3) is 0.154. The molecule has 0 saturated carbocycles. The van der Waals surface area contributed by atoms with Crippen LogP contribution in [0.3, 0.4) is 0 Å². The number of fused-ring (bicyclic) bond motifs is 1. The molecule has 0 atom stereocenters. The van der Waals surface area contributed by atoms with Crippen LogP contribution in [-0.4, -0.2) is 21.7 Å². The van der Waals surface area contributed by atoms with E-state index < -0.39 is 0 Å². The van der Waals surface area contributed by atoms with E-state index in [1.54, 1.807) is 24.4 Å². The molecule has 2 amide bonds. The summed E-state index contributed by atoms with van der Waals surface area (Å²) >= 11 is 1.47. The smallest absolute Gasteiger partial charge is 0.264 e. The Labute approximate surface area is 113 Å². The van der Waals surface area contributed by atoms with E-state index in [0.29, 0.717) is 16.8 Å². The van der Waals surface area contributed by atoms with Crippen LogP contribution >= 0.6 is 11.3 Å². The third-order valence-electron chi connectivity index (χ3n) is 2.99. The number of imide groups is 1. The molecule has 3 rings (SSSR count). The molecule has 0 radical (unpaired) electrons. The summed E-state index contributed by atoms with van der Waals surface area (Å²) in [6.07, 6.45) is 1.73. The molecule has 0 fully saturated rings. The second-order valence-electron chi connectivity index (χ2n) is 4.33. The van der Waals surface area contributed by atoms with Crippen molar-refractivity contribution >= 4 is 28.8 Å². The summed E-state index contributed by atoms with van der Waals surface area (Å²) < 4.78 is 0. The first kappa shape index (κ1) is 11.9. The number of nitrogen functional groups attached to an aromatic ring is 1. The maximum atomic E-state index is 12.2. The first-order valence-electron chi connectivity index (χ1n) is 5.74. The molecule has 5 nitrogen and oxygen atoms in total. The van der Waals surface area contributed by atoms with Gasteiger partial charge in [0.2, 0.25) is 0 Å². The van der Waals surface area contributed by atoms with Crippen LogP contribution in [-0.2, 0) is 6.54 Å². The summed E-state index contributed by atoms with van der Waals surface area (Å²) in [7, 11) is 0. The van der Waals surface area contributed by atoms with Crippen molar-refractivity contribution in [3.8, 4) is 0 Å². The molecule has 96 valence electrons. The van der Waals surface area contributed by atoms with E-state index in [0.717, 1.165) is 9.88 Å². The average molecular weight is 273 g/mol. The highest BCUT2D eigenvalue weighted by Gasteiger charge is 2.37. The SMILES string of the molecule is Cc1cnc(CN2C(=O)c3cccc(N)c3C2=O)s1. The molecular weight excluding hydrogens is 262 g/mol. The lowest BCUT2D eigenvalue weighted by Gasteiger charge is -2.11. The normalized spacial score (nSPS) is 14.1. The fourth-order valence-corrected chi connectivity index (χ4v) is 2.89. The molecule has 2 aromatic rings. The van der Waals surface area contributed by atoms with E-state index in [2.05, 4.69) is 4.98 Å². The summed E-state index contributed by atoms with van der Waals surface area (Å²) in [6.45, 7) is 2.13. The van der Waals surface area contributed by atoms with Gasteiger partial charge in [0.1, 0.15) is 5.01 Å². The Morgan fingerprint density at radius 2 is 2.11 bits per heavy atom. The number of anilines is 1. The Kier molecular flexibility index (Phi) is 2.60. The molecule has 0 bridgehead atoms. The van der Waals surface area contributed by atoms with E-state index in [9.17, 15) is 9.59 Å². The first-order chi connectivity index (χ1) is 9.08. The zero-order valence-electron chi connectivity index (χ0n) is 10.2. The van der Waals surface area contributed by atoms with Gasteiger partial charge in [-0.3, -0.25) is 14.5 Å². The second-order valence-corrected chi connectivity index (χ2v) is 5.65. The van der Waals surface area contributed by atoms with Crippen molar-refractivity contribution in [2.24, 2.45) is 0 Å². The van der Waals surface area contributed by atoms with Crippen molar-refractivity contribution in [2.45, 2.75) is 13.5 Å². The Balaban J connectivity index is 1.97. The van der Waals surface area contributed by atoms with Crippen LogP contribution in [0.25, 0.3) is 0 Å². The monoisotopic (exact) mass is 273 g/mol. The van der Waals surface area contributed by atoms with Gasteiger partial charge in [-0.2, -0.15) is 0 Å². The van der Waals surface area contributed by atoms with Crippen molar-refractivity contribution in [1.29, 1.82) is 0 Å². The number of aryl methyl sites for hydroxylation is 1. The zero-order valence-corrected chi connectivity index (χ0v) is 11.0. The molecule has 0 spiro atoms. The summed E-state index contributed by atoms with van der Waals surface area (Å²) in [4.78, 5) is 30.9. The van der Waals surface area contributed by atoms with Gasteiger partial charge in [-0.25, -0.2) is 4.98 Å². The van der Waals surface area contributed by atoms with Crippen molar-refractivity contribution < 1.29 is 9.59 Å². The first-order valence-corrected chi connectivity index (χ1v) is 6.55. The predicted octanol–water partition coefficient (Wildman–Crippen LogP) is 1.83. The minimum absolute atomic E-state index is 0.199. The number of hydrogen-bond donors (Lipinski definition) is 1. The maximum Gasteiger partial charge on any atom is 0.264 e. The van der Waals surface area contributed by atoms with Gasteiger partial charge in [-0.05, 0) is 19.1 Å². The Hall–Kier alpha value is -2.21. The highest BCUT2D eigenvalue weighted by Crippen LogP contribution is 2.29. The standard InChI is InChI=1S/C13H11N3O2S/c1-7-5-15-10(19-7)6-16-12(17)8-3-2-4-9(14)11(8)13(16)18/h2-5H,6,14H2,1H3. The van der Waals surface area contributed by atoms with Crippen molar-refractivity contribution in [3.05, 3.63) is 45.4 Å². The quantitative estimate of drug-likeness (QED) is 0.669. The largest absolute Gasteiger partial charge is 0.398 e. The molecule has 1 aliphatic heterocycles. The van der Waals surface area contributed by atoms with Crippen molar-refractivity contribution in [1.82, 2.24) is 9.88 Å². The molecule has 19 heavy (non-hydrogen) atoms. The van der Waals surface area contributed by atoms with Crippen LogP contribution in [0.5, 0.6) is 0 Å². The maximum absolute atomic E-state index is 12.2. The van der Waals surface area contributed by atoms with Gasteiger partial charge in [0, 0.05) is 16.8 Å². The third-order valence-corrected chi connectivity index (χ3v) is 3.89. The Bertz CT molecular complexity index is 693. The predicted molar refractivity (Wildman–Crippen MR) is 71.9 cm³/mol. The second kappa shape index (κ2) is 4.17. The molecule has 1 aromatic heterocycles. The molecule has 2 heterocycles. The number of nitrogens with two attached hydrogens (primary N) is 1. The molecule has 2 N–H and O–H groups in total. The van der Waals surface area contributed by atoms with E-state index in [1.807, 2.05) is 6.92 Å². The summed E-state index contributed by atoms with van der Waals surface area (Å²) in [5.74, 6) is -0.647. The molecule has 1 aliphatic rings. The van der Waals surface area contributed by atoms with Crippen LogP contribution in [0, 0.1) is 6.92 Å². The van der Waals surface area contributed by atoms with Gasteiger partial charge in [-0.1, -0.05) is 6.07 Å². The summed E-state index contributed by atoms with van der Waals surface area (Å²) in [6, 6.07) is 4.93. The van der Waals surface area contributed by atoms with E-state index in [-0.39, 0.29) is 18.4 Å². The number of carbonyl (C=O) groups excluding carboxylic acids is 2. The van der Waals surface area contributed by atoms with Crippen LogP contribution in [0.1, 0.15) is 30.6 Å². The van der Waals surface area contributed by atoms with Crippen LogP contribution in [0.4, 0.5) is 5.69 Å². The average Bonchev–Trinajstić information content (AvgIpc) is 2.88. The third kappa shape index (κ3) is 1.80. The highest BCUT2D eigenvalue weighted by molar-refractivity contribution is 7.11. The number of hydrogen-bond acceptors (Lipinski definition) is 5. The number of carbonyl (C=O) groups is 2. The minimum atomic E-state index is -0.342. The highest BCUT2D eigenvalue weighted by atomic mass is 32.1. The lowest BCUT2D eigenvalue weighted by molar-refractivity contribution is 0.0642.